The molecule has 0 aliphatic heterocycles. The van der Waals surface area contributed by atoms with Gasteiger partial charge in [-0.3, -0.25) is 9.38 Å². The van der Waals surface area contributed by atoms with Crippen molar-refractivity contribution in [3.05, 3.63) is 36.5 Å². The Kier molecular flexibility index (Phi) is 6.22. The standard InChI is InChI=1S/C19H24F3N7O/c1-4-5-12(8-23-3)27-17-24-7-6-13(28-17)14-9-26-16-10-25-15(11-29(14)16)18(2,30)19(20,21)22/h6-7,9-12,23,30H,4-5,8H2,1-3H3,(H,24,27,28)/t12?,18-/m1/s1. The summed E-state index contributed by atoms with van der Waals surface area (Å²) in [6.07, 6.45) is 2.41. The molecule has 3 aromatic heterocycles. The van der Waals surface area contributed by atoms with Gasteiger partial charge in [-0.25, -0.2) is 15.0 Å². The van der Waals surface area contributed by atoms with Crippen LogP contribution in [0.4, 0.5) is 19.1 Å². The largest absolute Gasteiger partial charge is 0.422 e. The van der Waals surface area contributed by atoms with Crippen molar-refractivity contribution >= 4 is 11.6 Å². The van der Waals surface area contributed by atoms with Crippen LogP contribution in [0, 0.1) is 0 Å². The number of alkyl halides is 3. The van der Waals surface area contributed by atoms with Crippen molar-refractivity contribution in [2.75, 3.05) is 18.9 Å². The molecule has 0 aliphatic rings. The van der Waals surface area contributed by atoms with Crippen molar-refractivity contribution in [3.63, 3.8) is 0 Å². The van der Waals surface area contributed by atoms with Crippen molar-refractivity contribution in [3.8, 4) is 11.4 Å². The molecule has 8 nitrogen and oxygen atoms in total. The summed E-state index contributed by atoms with van der Waals surface area (Å²) in [6.45, 7) is 3.49. The molecular weight excluding hydrogens is 399 g/mol. The Hall–Kier alpha value is -2.79. The van der Waals surface area contributed by atoms with Crippen LogP contribution in [0.5, 0.6) is 0 Å². The lowest BCUT2D eigenvalue weighted by molar-refractivity contribution is -0.260. The molecule has 0 bridgehead atoms. The predicted octanol–water partition coefficient (Wildman–Crippen LogP) is 2.76. The van der Waals surface area contributed by atoms with Gasteiger partial charge in [0, 0.05) is 25.0 Å². The van der Waals surface area contributed by atoms with E-state index in [-0.39, 0.29) is 6.04 Å². The van der Waals surface area contributed by atoms with E-state index in [1.807, 2.05) is 7.05 Å². The highest BCUT2D eigenvalue weighted by atomic mass is 19.4. The molecule has 0 fully saturated rings. The van der Waals surface area contributed by atoms with Gasteiger partial charge >= 0.3 is 6.18 Å². The van der Waals surface area contributed by atoms with Gasteiger partial charge in [-0.2, -0.15) is 13.2 Å². The molecule has 0 saturated carbocycles. The number of halogens is 3. The maximum atomic E-state index is 13.2. The van der Waals surface area contributed by atoms with Crippen LogP contribution in [0.3, 0.4) is 0 Å². The van der Waals surface area contributed by atoms with E-state index in [0.29, 0.717) is 29.9 Å². The number of aliphatic hydroxyl groups is 1. The predicted molar refractivity (Wildman–Crippen MR) is 106 cm³/mol. The molecule has 0 spiro atoms. The summed E-state index contributed by atoms with van der Waals surface area (Å²) in [5.74, 6) is 0.410. The Morgan fingerprint density at radius 3 is 2.63 bits per heavy atom. The fourth-order valence-electron chi connectivity index (χ4n) is 3.05. The molecule has 162 valence electrons. The first-order valence-electron chi connectivity index (χ1n) is 9.54. The highest BCUT2D eigenvalue weighted by Gasteiger charge is 2.52. The number of aromatic nitrogens is 5. The van der Waals surface area contributed by atoms with Crippen LogP contribution in [0.25, 0.3) is 17.0 Å². The number of hydrogen-bond donors (Lipinski definition) is 3. The van der Waals surface area contributed by atoms with Gasteiger partial charge < -0.3 is 15.7 Å². The molecule has 2 atom stereocenters. The summed E-state index contributed by atoms with van der Waals surface area (Å²) in [7, 11) is 1.86. The fraction of sp³-hybridized carbons (Fsp3) is 0.474. The highest BCUT2D eigenvalue weighted by Crippen LogP contribution is 2.37. The summed E-state index contributed by atoms with van der Waals surface area (Å²) in [6, 6.07) is 1.78. The second kappa shape index (κ2) is 8.52. The fourth-order valence-corrected chi connectivity index (χ4v) is 3.05. The van der Waals surface area contributed by atoms with Gasteiger partial charge in [0.2, 0.25) is 11.5 Å². The number of likely N-dealkylation sites (N-methyl/N-ethyl adjacent to an activating group) is 1. The molecule has 11 heteroatoms. The Labute approximate surface area is 171 Å². The third-order valence-electron chi connectivity index (χ3n) is 4.79. The molecule has 0 radical (unpaired) electrons. The van der Waals surface area contributed by atoms with E-state index in [0.717, 1.165) is 25.6 Å². The molecule has 3 N–H and O–H groups in total. The molecule has 0 saturated heterocycles. The summed E-state index contributed by atoms with van der Waals surface area (Å²) < 4.78 is 41.1. The average Bonchev–Trinajstić information content (AvgIpc) is 3.11. The maximum Gasteiger partial charge on any atom is 0.422 e. The van der Waals surface area contributed by atoms with E-state index in [2.05, 4.69) is 37.5 Å². The minimum Gasteiger partial charge on any atom is -0.375 e. The second-order valence-electron chi connectivity index (χ2n) is 7.17. The maximum absolute atomic E-state index is 13.2. The van der Waals surface area contributed by atoms with Crippen molar-refractivity contribution in [1.82, 2.24) is 29.7 Å². The lowest BCUT2D eigenvalue weighted by atomic mass is 10.0. The lowest BCUT2D eigenvalue weighted by Crippen LogP contribution is -2.40. The normalized spacial score (nSPS) is 15.2. The molecule has 0 aromatic carbocycles. The van der Waals surface area contributed by atoms with Gasteiger partial charge in [0.15, 0.2) is 5.65 Å². The zero-order valence-electron chi connectivity index (χ0n) is 16.9. The van der Waals surface area contributed by atoms with Crippen molar-refractivity contribution in [2.45, 2.75) is 44.5 Å². The number of anilines is 1. The molecule has 3 rings (SSSR count). The molecule has 30 heavy (non-hydrogen) atoms. The smallest absolute Gasteiger partial charge is 0.375 e. The van der Waals surface area contributed by atoms with E-state index in [9.17, 15) is 18.3 Å². The van der Waals surface area contributed by atoms with E-state index in [1.165, 1.54) is 16.8 Å². The lowest BCUT2D eigenvalue weighted by Gasteiger charge is -2.25. The number of fused-ring (bicyclic) bond motifs is 1. The SMILES string of the molecule is CCCC(CNC)Nc1nccc(-c2cnc3cnc([C@@](C)(O)C(F)(F)F)cn23)n1. The summed E-state index contributed by atoms with van der Waals surface area (Å²) in [5, 5.41) is 16.4. The quantitative estimate of drug-likeness (QED) is 0.512. The first-order chi connectivity index (χ1) is 14.2. The molecule has 3 aromatic rings. The van der Waals surface area contributed by atoms with Crippen LogP contribution in [0.15, 0.2) is 30.9 Å². The van der Waals surface area contributed by atoms with Crippen LogP contribution in [0.2, 0.25) is 0 Å². The van der Waals surface area contributed by atoms with Gasteiger partial charge in [0.1, 0.15) is 0 Å². The van der Waals surface area contributed by atoms with Crippen molar-refractivity contribution in [2.24, 2.45) is 0 Å². The zero-order valence-corrected chi connectivity index (χ0v) is 16.9. The summed E-state index contributed by atoms with van der Waals surface area (Å²) in [5.41, 5.74) is -2.37. The number of imidazole rings is 1. The van der Waals surface area contributed by atoms with E-state index >= 15 is 0 Å². The van der Waals surface area contributed by atoms with Crippen LogP contribution in [-0.2, 0) is 5.60 Å². The molecule has 1 unspecified atom stereocenters. The third kappa shape index (κ3) is 4.36. The Balaban J connectivity index is 1.98. The Morgan fingerprint density at radius 1 is 1.20 bits per heavy atom. The van der Waals surface area contributed by atoms with Crippen LogP contribution >= 0.6 is 0 Å². The van der Waals surface area contributed by atoms with Gasteiger partial charge in [0.05, 0.1) is 29.5 Å². The number of rotatable bonds is 8. The van der Waals surface area contributed by atoms with Gasteiger partial charge in [0.25, 0.3) is 0 Å². The highest BCUT2D eigenvalue weighted by molar-refractivity contribution is 5.60. The van der Waals surface area contributed by atoms with Crippen LogP contribution in [-0.4, -0.2) is 55.3 Å². The summed E-state index contributed by atoms with van der Waals surface area (Å²) >= 11 is 0. The summed E-state index contributed by atoms with van der Waals surface area (Å²) in [4.78, 5) is 16.7. The zero-order chi connectivity index (χ0) is 21.9. The van der Waals surface area contributed by atoms with E-state index in [1.54, 1.807) is 12.3 Å². The first kappa shape index (κ1) is 21.9. The molecular formula is C19H24F3N7O. The molecule has 0 aliphatic carbocycles. The van der Waals surface area contributed by atoms with Gasteiger partial charge in [-0.05, 0) is 26.5 Å². The number of nitrogens with zero attached hydrogens (tertiary/aromatic N) is 5. The van der Waals surface area contributed by atoms with Gasteiger partial charge in [-0.15, -0.1) is 0 Å². The van der Waals surface area contributed by atoms with Crippen LogP contribution < -0.4 is 10.6 Å². The topological polar surface area (TPSA) is 100 Å². The third-order valence-corrected chi connectivity index (χ3v) is 4.79. The molecule has 3 heterocycles. The number of nitrogens with one attached hydrogen (secondary N) is 2. The first-order valence-corrected chi connectivity index (χ1v) is 9.54. The van der Waals surface area contributed by atoms with Gasteiger partial charge in [-0.1, -0.05) is 13.3 Å². The Bertz CT molecular complexity index is 997. The van der Waals surface area contributed by atoms with E-state index in [4.69, 9.17) is 0 Å². The monoisotopic (exact) mass is 423 g/mol. The second-order valence-corrected chi connectivity index (χ2v) is 7.17. The Morgan fingerprint density at radius 2 is 1.97 bits per heavy atom. The van der Waals surface area contributed by atoms with Crippen LogP contribution in [0.1, 0.15) is 32.4 Å². The van der Waals surface area contributed by atoms with Crippen molar-refractivity contribution in [1.29, 1.82) is 0 Å². The number of hydrogen-bond acceptors (Lipinski definition) is 7. The minimum absolute atomic E-state index is 0.134. The van der Waals surface area contributed by atoms with E-state index < -0.39 is 17.5 Å². The average molecular weight is 423 g/mol. The molecule has 0 amide bonds. The van der Waals surface area contributed by atoms with Crippen molar-refractivity contribution < 1.29 is 18.3 Å². The minimum atomic E-state index is -4.87.